The quantitative estimate of drug-likeness (QED) is 0.483. The second-order valence-corrected chi connectivity index (χ2v) is 4.49. The van der Waals surface area contributed by atoms with Gasteiger partial charge < -0.3 is 20.1 Å². The third kappa shape index (κ3) is 6.41. The number of amides is 2. The molecule has 0 aromatic rings. The summed E-state index contributed by atoms with van der Waals surface area (Å²) in [5, 5.41) is 11.4. The number of carbonyl (C=O) groups is 2. The predicted molar refractivity (Wildman–Crippen MR) is 73.3 cm³/mol. The van der Waals surface area contributed by atoms with Gasteiger partial charge in [-0.2, -0.15) is 0 Å². The van der Waals surface area contributed by atoms with E-state index in [2.05, 4.69) is 16.1 Å². The van der Waals surface area contributed by atoms with Crippen LogP contribution in [0.25, 0.3) is 0 Å². The van der Waals surface area contributed by atoms with Crippen LogP contribution in [0.2, 0.25) is 0 Å². The number of nitrogens with zero attached hydrogens (tertiary/aromatic N) is 2. The molecule has 7 nitrogen and oxygen atoms in total. The summed E-state index contributed by atoms with van der Waals surface area (Å²) in [4.78, 5) is 25.7. The molecule has 1 rings (SSSR count). The average Bonchev–Trinajstić information content (AvgIpc) is 2.43. The lowest BCUT2D eigenvalue weighted by Gasteiger charge is -2.26. The first-order chi connectivity index (χ1) is 9.63. The van der Waals surface area contributed by atoms with E-state index in [1.807, 2.05) is 0 Å². The third-order valence-corrected chi connectivity index (χ3v) is 2.93. The lowest BCUT2D eigenvalue weighted by Crippen LogP contribution is -2.44. The molecule has 0 saturated carbocycles. The Bertz CT molecular complexity index is 361. The van der Waals surface area contributed by atoms with Crippen LogP contribution in [0.5, 0.6) is 0 Å². The van der Waals surface area contributed by atoms with Gasteiger partial charge in [0.05, 0.1) is 19.8 Å². The summed E-state index contributed by atoms with van der Waals surface area (Å²) in [6.45, 7) is 4.31. The molecule has 0 unspecified atom stereocenters. The molecule has 1 saturated heterocycles. The third-order valence-electron chi connectivity index (χ3n) is 2.93. The van der Waals surface area contributed by atoms with Crippen molar-refractivity contribution in [2.24, 2.45) is 0 Å². The summed E-state index contributed by atoms with van der Waals surface area (Å²) in [5.74, 6) is 1.20. The number of carboxylic acid groups (broad SMARTS) is 1. The first kappa shape index (κ1) is 16.3. The van der Waals surface area contributed by atoms with Gasteiger partial charge in [0, 0.05) is 19.6 Å². The van der Waals surface area contributed by atoms with Crippen molar-refractivity contribution in [1.82, 2.24) is 15.1 Å². The minimum absolute atomic E-state index is 0.0123. The number of aliphatic carboxylic acids is 1. The van der Waals surface area contributed by atoms with Crippen molar-refractivity contribution in [1.29, 1.82) is 0 Å². The van der Waals surface area contributed by atoms with Crippen LogP contribution in [0.3, 0.4) is 0 Å². The standard InChI is InChI=1S/C13H21N3O4/c1-2-5-16(11-12(17)18)13(19)14-4-3-6-15-7-9-20-10-8-15/h1H,3-11H2,(H,14,19)(H,17,18). The predicted octanol–water partition coefficient (Wildman–Crippen LogP) is -0.562. The number of morpholine rings is 1. The fourth-order valence-electron chi connectivity index (χ4n) is 1.91. The number of carbonyl (C=O) groups excluding carboxylic acids is 1. The zero-order valence-electron chi connectivity index (χ0n) is 11.5. The molecule has 2 amide bonds. The molecule has 0 bridgehead atoms. The van der Waals surface area contributed by atoms with Crippen LogP contribution in [0, 0.1) is 12.3 Å². The van der Waals surface area contributed by atoms with Gasteiger partial charge in [0.2, 0.25) is 0 Å². The van der Waals surface area contributed by atoms with E-state index in [1.165, 1.54) is 0 Å². The van der Waals surface area contributed by atoms with Crippen LogP contribution >= 0.6 is 0 Å². The minimum Gasteiger partial charge on any atom is -0.480 e. The van der Waals surface area contributed by atoms with Crippen molar-refractivity contribution >= 4 is 12.0 Å². The lowest BCUT2D eigenvalue weighted by molar-refractivity contribution is -0.137. The van der Waals surface area contributed by atoms with Crippen molar-refractivity contribution < 1.29 is 19.4 Å². The number of hydrogen-bond acceptors (Lipinski definition) is 4. The molecule has 0 radical (unpaired) electrons. The summed E-state index contributed by atoms with van der Waals surface area (Å²) < 4.78 is 5.25. The van der Waals surface area contributed by atoms with E-state index < -0.39 is 12.0 Å². The Kier molecular flexibility index (Phi) is 7.47. The highest BCUT2D eigenvalue weighted by Gasteiger charge is 2.15. The highest BCUT2D eigenvalue weighted by Crippen LogP contribution is 1.97. The van der Waals surface area contributed by atoms with E-state index in [1.54, 1.807) is 0 Å². The fraction of sp³-hybridized carbons (Fsp3) is 0.692. The molecule has 0 spiro atoms. The molecule has 1 fully saturated rings. The molecular formula is C13H21N3O4. The van der Waals surface area contributed by atoms with Crippen molar-refractivity contribution in [3.8, 4) is 12.3 Å². The molecule has 0 aliphatic carbocycles. The number of nitrogens with one attached hydrogen (secondary N) is 1. The van der Waals surface area contributed by atoms with Gasteiger partial charge >= 0.3 is 12.0 Å². The fourth-order valence-corrected chi connectivity index (χ4v) is 1.91. The zero-order valence-corrected chi connectivity index (χ0v) is 11.5. The Morgan fingerprint density at radius 2 is 2.10 bits per heavy atom. The second kappa shape index (κ2) is 9.18. The molecular weight excluding hydrogens is 262 g/mol. The van der Waals surface area contributed by atoms with Crippen molar-refractivity contribution in [3.63, 3.8) is 0 Å². The molecule has 0 atom stereocenters. The highest BCUT2D eigenvalue weighted by atomic mass is 16.5. The Hall–Kier alpha value is -1.78. The van der Waals surface area contributed by atoms with E-state index in [0.29, 0.717) is 6.54 Å². The number of terminal acetylenes is 1. The normalized spacial score (nSPS) is 15.3. The summed E-state index contributed by atoms with van der Waals surface area (Å²) in [6, 6.07) is -0.438. The molecule has 0 aromatic heterocycles. The zero-order chi connectivity index (χ0) is 14.8. The van der Waals surface area contributed by atoms with Gasteiger partial charge in [-0.15, -0.1) is 6.42 Å². The molecule has 1 heterocycles. The maximum absolute atomic E-state index is 11.7. The summed E-state index contributed by atoms with van der Waals surface area (Å²) in [6.07, 6.45) is 5.92. The van der Waals surface area contributed by atoms with Gasteiger partial charge in [0.15, 0.2) is 0 Å². The molecule has 0 aromatic carbocycles. The van der Waals surface area contributed by atoms with Crippen LogP contribution in [0.15, 0.2) is 0 Å². The first-order valence-electron chi connectivity index (χ1n) is 6.61. The van der Waals surface area contributed by atoms with E-state index in [4.69, 9.17) is 16.3 Å². The number of rotatable bonds is 7. The number of hydrogen-bond donors (Lipinski definition) is 2. The van der Waals surface area contributed by atoms with Crippen LogP contribution in [-0.4, -0.2) is 79.4 Å². The van der Waals surface area contributed by atoms with Gasteiger partial charge in [-0.1, -0.05) is 5.92 Å². The van der Waals surface area contributed by atoms with E-state index in [0.717, 1.165) is 44.2 Å². The van der Waals surface area contributed by atoms with E-state index in [-0.39, 0.29) is 13.1 Å². The lowest BCUT2D eigenvalue weighted by atomic mass is 10.3. The Morgan fingerprint density at radius 1 is 1.40 bits per heavy atom. The van der Waals surface area contributed by atoms with Crippen LogP contribution in [0.1, 0.15) is 6.42 Å². The van der Waals surface area contributed by atoms with Gasteiger partial charge in [0.25, 0.3) is 0 Å². The van der Waals surface area contributed by atoms with Gasteiger partial charge in [-0.3, -0.25) is 9.69 Å². The SMILES string of the molecule is C#CCN(CC(=O)O)C(=O)NCCCN1CCOCC1. The molecule has 20 heavy (non-hydrogen) atoms. The van der Waals surface area contributed by atoms with Crippen LogP contribution < -0.4 is 5.32 Å². The maximum atomic E-state index is 11.7. The van der Waals surface area contributed by atoms with Crippen LogP contribution in [-0.2, 0) is 9.53 Å². The molecule has 7 heteroatoms. The minimum atomic E-state index is -1.08. The Balaban J connectivity index is 2.19. The number of ether oxygens (including phenoxy) is 1. The van der Waals surface area contributed by atoms with Gasteiger partial charge in [-0.05, 0) is 13.0 Å². The molecule has 1 aliphatic rings. The summed E-state index contributed by atoms with van der Waals surface area (Å²) in [5.41, 5.74) is 0. The number of carboxylic acids is 1. The monoisotopic (exact) mass is 283 g/mol. The second-order valence-electron chi connectivity index (χ2n) is 4.49. The maximum Gasteiger partial charge on any atom is 0.323 e. The largest absolute Gasteiger partial charge is 0.480 e. The first-order valence-corrected chi connectivity index (χ1v) is 6.61. The smallest absolute Gasteiger partial charge is 0.323 e. The Morgan fingerprint density at radius 3 is 2.70 bits per heavy atom. The number of urea groups is 1. The molecule has 2 N–H and O–H groups in total. The van der Waals surface area contributed by atoms with Crippen LogP contribution in [0.4, 0.5) is 4.79 Å². The molecule has 1 aliphatic heterocycles. The average molecular weight is 283 g/mol. The molecule has 112 valence electrons. The summed E-state index contributed by atoms with van der Waals surface area (Å²) >= 11 is 0. The topological polar surface area (TPSA) is 82.1 Å². The van der Waals surface area contributed by atoms with E-state index in [9.17, 15) is 9.59 Å². The van der Waals surface area contributed by atoms with Gasteiger partial charge in [-0.25, -0.2) is 4.79 Å². The Labute approximate surface area is 118 Å². The van der Waals surface area contributed by atoms with Gasteiger partial charge in [0.1, 0.15) is 6.54 Å². The summed E-state index contributed by atoms with van der Waals surface area (Å²) in [7, 11) is 0. The van der Waals surface area contributed by atoms with E-state index >= 15 is 0 Å². The highest BCUT2D eigenvalue weighted by molar-refractivity contribution is 5.80. The van der Waals surface area contributed by atoms with Crippen molar-refractivity contribution in [3.05, 3.63) is 0 Å². The van der Waals surface area contributed by atoms with Crippen molar-refractivity contribution in [2.75, 3.05) is 52.5 Å². The van der Waals surface area contributed by atoms with Crippen molar-refractivity contribution in [2.45, 2.75) is 6.42 Å².